The Morgan fingerprint density at radius 2 is 1.13 bits per heavy atom. The normalized spacial score (nSPS) is 18.7. The van der Waals surface area contributed by atoms with Crippen molar-refractivity contribution in [3.05, 3.63) is 59.1 Å². The van der Waals surface area contributed by atoms with Crippen LogP contribution >= 0.6 is 0 Å². The second-order valence-electron chi connectivity index (χ2n) is 8.52. The van der Waals surface area contributed by atoms with E-state index in [0.29, 0.717) is 0 Å². The highest BCUT2D eigenvalue weighted by Crippen LogP contribution is 2.39. The predicted molar refractivity (Wildman–Crippen MR) is 98.6 cm³/mol. The molecule has 0 aromatic rings. The van der Waals surface area contributed by atoms with Gasteiger partial charge >= 0.3 is 0 Å². The van der Waals surface area contributed by atoms with Crippen LogP contribution in [0.5, 0.6) is 0 Å². The average Bonchev–Trinajstić information content (AvgIpc) is 2.45. The molecule has 0 amide bonds. The highest BCUT2D eigenvalue weighted by Gasteiger charge is 2.29. The zero-order chi connectivity index (χ0) is 17.4. The molecule has 0 bridgehead atoms. The van der Waals surface area contributed by atoms with Gasteiger partial charge in [-0.15, -0.1) is 0 Å². The molecule has 1 aliphatic carbocycles. The molecule has 0 atom stereocenters. The van der Waals surface area contributed by atoms with Gasteiger partial charge in [-0.25, -0.2) is 4.58 Å². The minimum atomic E-state index is -0.0143. The Morgan fingerprint density at radius 1 is 0.696 bits per heavy atom. The standard InChI is InChI=1S/C21H30NO/c1-20(2,3)18-13-16(14-19(23-18)21(4,5)6)15-9-11-17(12-10-15)22(7)8/h9-14H,1-8H3/q+1. The first kappa shape index (κ1) is 17.5. The molecule has 0 unspecified atom stereocenters. The van der Waals surface area contributed by atoms with Crippen molar-refractivity contribution in [1.29, 1.82) is 0 Å². The van der Waals surface area contributed by atoms with Gasteiger partial charge in [-0.1, -0.05) is 41.5 Å². The van der Waals surface area contributed by atoms with Crippen LogP contribution < -0.4 is 0 Å². The van der Waals surface area contributed by atoms with E-state index in [9.17, 15) is 0 Å². The highest BCUT2D eigenvalue weighted by molar-refractivity contribution is 6.02. The molecule has 1 heterocycles. The zero-order valence-corrected chi connectivity index (χ0v) is 15.8. The second kappa shape index (κ2) is 5.99. The van der Waals surface area contributed by atoms with Crippen LogP contribution in [0.4, 0.5) is 0 Å². The van der Waals surface area contributed by atoms with Crippen molar-refractivity contribution < 1.29 is 9.31 Å². The van der Waals surface area contributed by atoms with Gasteiger partial charge in [0, 0.05) is 23.0 Å². The Balaban J connectivity index is 2.53. The molecule has 0 spiro atoms. The molecule has 1 aliphatic heterocycles. The summed E-state index contributed by atoms with van der Waals surface area (Å²) < 4.78 is 8.34. The zero-order valence-electron chi connectivity index (χ0n) is 15.8. The second-order valence-corrected chi connectivity index (χ2v) is 8.52. The van der Waals surface area contributed by atoms with Crippen LogP contribution in [0.15, 0.2) is 59.1 Å². The van der Waals surface area contributed by atoms with Crippen molar-refractivity contribution >= 4 is 5.71 Å². The highest BCUT2D eigenvalue weighted by atomic mass is 16.5. The van der Waals surface area contributed by atoms with E-state index in [1.165, 1.54) is 16.9 Å². The molecule has 23 heavy (non-hydrogen) atoms. The first-order valence-electron chi connectivity index (χ1n) is 8.25. The van der Waals surface area contributed by atoms with Crippen molar-refractivity contribution in [3.63, 3.8) is 0 Å². The van der Waals surface area contributed by atoms with Crippen molar-refractivity contribution in [1.82, 2.24) is 0 Å². The fraction of sp³-hybridized carbons (Fsp3) is 0.476. The van der Waals surface area contributed by atoms with E-state index >= 15 is 0 Å². The maximum Gasteiger partial charge on any atom is 0.199 e. The van der Waals surface area contributed by atoms with E-state index in [0.717, 1.165) is 11.5 Å². The Hall–Kier alpha value is -1.83. The summed E-state index contributed by atoms with van der Waals surface area (Å²) in [5.74, 6) is 2.05. The summed E-state index contributed by atoms with van der Waals surface area (Å²) in [6.45, 7) is 13.1. The third kappa shape index (κ3) is 4.13. The van der Waals surface area contributed by atoms with Crippen LogP contribution in [0.1, 0.15) is 41.5 Å². The van der Waals surface area contributed by atoms with Crippen molar-refractivity contribution in [2.24, 2.45) is 10.8 Å². The summed E-state index contributed by atoms with van der Waals surface area (Å²) in [5, 5.41) is 0. The van der Waals surface area contributed by atoms with E-state index in [-0.39, 0.29) is 10.8 Å². The molecule has 0 saturated heterocycles. The molecular weight excluding hydrogens is 282 g/mol. The lowest BCUT2D eigenvalue weighted by atomic mass is 9.86. The Bertz CT molecular complexity index is 626. The molecule has 2 aliphatic rings. The molecule has 0 aromatic heterocycles. The minimum absolute atomic E-state index is 0.0143. The molecular formula is C21H30NO+. The van der Waals surface area contributed by atoms with Gasteiger partial charge in [0.1, 0.15) is 25.6 Å². The predicted octanol–water partition coefficient (Wildman–Crippen LogP) is 5.01. The molecule has 0 aromatic carbocycles. The van der Waals surface area contributed by atoms with Gasteiger partial charge < -0.3 is 4.74 Å². The van der Waals surface area contributed by atoms with Gasteiger partial charge in [0.15, 0.2) is 5.71 Å². The first-order valence-corrected chi connectivity index (χ1v) is 8.25. The Labute approximate surface area is 141 Å². The summed E-state index contributed by atoms with van der Waals surface area (Å²) in [6.07, 6.45) is 13.0. The maximum absolute atomic E-state index is 6.22. The van der Waals surface area contributed by atoms with Gasteiger partial charge in [-0.05, 0) is 35.5 Å². The largest absolute Gasteiger partial charge is 0.465 e. The van der Waals surface area contributed by atoms with Crippen LogP contribution in [0.25, 0.3) is 0 Å². The molecule has 0 radical (unpaired) electrons. The third-order valence-corrected chi connectivity index (χ3v) is 3.99. The minimum Gasteiger partial charge on any atom is -0.465 e. The molecule has 2 nitrogen and oxygen atoms in total. The van der Waals surface area contributed by atoms with Gasteiger partial charge in [0.25, 0.3) is 0 Å². The smallest absolute Gasteiger partial charge is 0.199 e. The van der Waals surface area contributed by atoms with Gasteiger partial charge in [0.2, 0.25) is 0 Å². The quantitative estimate of drug-likeness (QED) is 0.573. The fourth-order valence-corrected chi connectivity index (χ4v) is 2.36. The molecule has 2 rings (SSSR count). The van der Waals surface area contributed by atoms with Gasteiger partial charge in [-0.3, -0.25) is 0 Å². The topological polar surface area (TPSA) is 12.2 Å². The third-order valence-electron chi connectivity index (χ3n) is 3.99. The number of rotatable bonds is 0. The summed E-state index contributed by atoms with van der Waals surface area (Å²) in [5.41, 5.74) is 3.62. The van der Waals surface area contributed by atoms with E-state index in [1.807, 2.05) is 0 Å². The molecule has 2 heteroatoms. The molecule has 124 valence electrons. The SMILES string of the molecule is C[N+](C)=C1C=CC(=C2C=C(C(C)(C)C)OC(C(C)(C)C)=C2)C=C1. The van der Waals surface area contributed by atoms with E-state index < -0.39 is 0 Å². The van der Waals surface area contributed by atoms with Gasteiger partial charge in [-0.2, -0.15) is 0 Å². The van der Waals surface area contributed by atoms with Crippen LogP contribution in [-0.4, -0.2) is 24.4 Å². The summed E-state index contributed by atoms with van der Waals surface area (Å²) in [7, 11) is 4.12. The summed E-state index contributed by atoms with van der Waals surface area (Å²) in [4.78, 5) is 0. The van der Waals surface area contributed by atoms with E-state index in [2.05, 4.69) is 96.7 Å². The van der Waals surface area contributed by atoms with Crippen LogP contribution in [0.2, 0.25) is 0 Å². The molecule has 0 N–H and O–H groups in total. The lowest BCUT2D eigenvalue weighted by Gasteiger charge is -2.33. The number of allylic oxidation sites excluding steroid dienone is 10. The van der Waals surface area contributed by atoms with Crippen molar-refractivity contribution in [3.8, 4) is 0 Å². The average molecular weight is 312 g/mol. The molecule has 0 saturated carbocycles. The monoisotopic (exact) mass is 312 g/mol. The van der Waals surface area contributed by atoms with Crippen molar-refractivity contribution in [2.45, 2.75) is 41.5 Å². The molecule has 0 fully saturated rings. The lowest BCUT2D eigenvalue weighted by molar-refractivity contribution is -0.462. The summed E-state index contributed by atoms with van der Waals surface area (Å²) in [6, 6.07) is 0. The number of nitrogens with zero attached hydrogens (tertiary/aromatic N) is 1. The van der Waals surface area contributed by atoms with Crippen molar-refractivity contribution in [2.75, 3.05) is 14.1 Å². The first-order chi connectivity index (χ1) is 10.5. The maximum atomic E-state index is 6.22. The Morgan fingerprint density at radius 3 is 1.48 bits per heavy atom. The number of hydrogen-bond donors (Lipinski definition) is 0. The van der Waals surface area contributed by atoms with Crippen LogP contribution in [0.3, 0.4) is 0 Å². The number of hydrogen-bond acceptors (Lipinski definition) is 1. The van der Waals surface area contributed by atoms with Crippen LogP contribution in [0, 0.1) is 10.8 Å². The van der Waals surface area contributed by atoms with Crippen LogP contribution in [-0.2, 0) is 4.74 Å². The number of ether oxygens (including phenoxy) is 1. The lowest BCUT2D eigenvalue weighted by Crippen LogP contribution is -2.21. The fourth-order valence-electron chi connectivity index (χ4n) is 2.36. The Kier molecular flexibility index (Phi) is 4.57. The van der Waals surface area contributed by atoms with E-state index in [4.69, 9.17) is 4.74 Å². The van der Waals surface area contributed by atoms with E-state index in [1.54, 1.807) is 0 Å². The van der Waals surface area contributed by atoms with Gasteiger partial charge in [0.05, 0.1) is 0 Å². The summed E-state index contributed by atoms with van der Waals surface area (Å²) >= 11 is 0.